The fourth-order valence-electron chi connectivity index (χ4n) is 4.44. The van der Waals surface area contributed by atoms with Crippen LogP contribution in [0.25, 0.3) is 5.70 Å². The van der Waals surface area contributed by atoms with E-state index in [0.717, 1.165) is 67.8 Å². The van der Waals surface area contributed by atoms with Crippen molar-refractivity contribution in [2.24, 2.45) is 16.8 Å². The van der Waals surface area contributed by atoms with E-state index in [9.17, 15) is 4.79 Å². The maximum Gasteiger partial charge on any atom is 0.254 e. The third kappa shape index (κ3) is 7.67. The van der Waals surface area contributed by atoms with Crippen LogP contribution in [0, 0.1) is 11.8 Å². The molecule has 182 valence electrons. The Kier molecular flexibility index (Phi) is 10.6. The molecule has 33 heavy (non-hydrogen) atoms. The molecule has 2 rings (SSSR count). The van der Waals surface area contributed by atoms with Crippen LogP contribution in [0.3, 0.4) is 0 Å². The number of hydrogen-bond acceptors (Lipinski definition) is 3. The van der Waals surface area contributed by atoms with Crippen molar-refractivity contribution in [1.82, 2.24) is 9.80 Å². The van der Waals surface area contributed by atoms with E-state index in [1.54, 1.807) is 0 Å². The van der Waals surface area contributed by atoms with Crippen LogP contribution in [0.5, 0.6) is 0 Å². The van der Waals surface area contributed by atoms with Gasteiger partial charge in [0, 0.05) is 43.5 Å². The zero-order chi connectivity index (χ0) is 24.5. The number of allylic oxidation sites excluding steroid dienone is 3. The number of benzene rings is 1. The number of carbonyl (C=O) groups excluding carboxylic acids is 1. The molecule has 4 nitrogen and oxygen atoms in total. The lowest BCUT2D eigenvalue weighted by Gasteiger charge is -2.33. The van der Waals surface area contributed by atoms with Crippen molar-refractivity contribution in [3.63, 3.8) is 0 Å². The summed E-state index contributed by atoms with van der Waals surface area (Å²) in [6.45, 7) is 18.7. The first kappa shape index (κ1) is 27.0. The maximum atomic E-state index is 13.5. The highest BCUT2D eigenvalue weighted by Gasteiger charge is 2.24. The average molecular weight is 452 g/mol. The van der Waals surface area contributed by atoms with Gasteiger partial charge in [-0.15, -0.1) is 0 Å². The molecule has 0 unspecified atom stereocenters. The fraction of sp³-hybridized carbons (Fsp3) is 0.586. The van der Waals surface area contributed by atoms with Crippen molar-refractivity contribution >= 4 is 17.8 Å². The van der Waals surface area contributed by atoms with Crippen molar-refractivity contribution in [3.05, 3.63) is 52.1 Å². The lowest BCUT2D eigenvalue weighted by atomic mass is 9.89. The summed E-state index contributed by atoms with van der Waals surface area (Å²) < 4.78 is 0. The Balaban J connectivity index is 2.60. The van der Waals surface area contributed by atoms with E-state index in [1.165, 1.54) is 11.1 Å². The molecule has 1 aromatic carbocycles. The number of rotatable bonds is 9. The van der Waals surface area contributed by atoms with Gasteiger partial charge in [-0.1, -0.05) is 40.7 Å². The lowest BCUT2D eigenvalue weighted by molar-refractivity contribution is 0.0663. The molecular weight excluding hydrogens is 406 g/mol. The minimum absolute atomic E-state index is 0.176. The predicted octanol–water partition coefficient (Wildman–Crippen LogP) is 6.26. The minimum Gasteiger partial charge on any atom is -0.336 e. The van der Waals surface area contributed by atoms with Gasteiger partial charge in [0.25, 0.3) is 5.91 Å². The Morgan fingerprint density at radius 1 is 1.00 bits per heavy atom. The van der Waals surface area contributed by atoms with Crippen LogP contribution < -0.4 is 0 Å². The summed E-state index contributed by atoms with van der Waals surface area (Å²) in [6, 6.07) is 4.41. The molecule has 0 N–H and O–H groups in total. The van der Waals surface area contributed by atoms with Gasteiger partial charge in [0.1, 0.15) is 0 Å². The summed E-state index contributed by atoms with van der Waals surface area (Å²) in [5, 5.41) is 0. The monoisotopic (exact) mass is 451 g/mol. The molecule has 1 saturated heterocycles. The van der Waals surface area contributed by atoms with E-state index in [-0.39, 0.29) is 5.91 Å². The predicted molar refractivity (Wildman–Crippen MR) is 143 cm³/mol. The number of amides is 1. The maximum absolute atomic E-state index is 13.5. The lowest BCUT2D eigenvalue weighted by Crippen LogP contribution is -2.47. The third-order valence-corrected chi connectivity index (χ3v) is 6.24. The molecule has 0 aliphatic carbocycles. The van der Waals surface area contributed by atoms with Crippen molar-refractivity contribution in [2.75, 3.05) is 33.2 Å². The Bertz CT molecular complexity index is 884. The topological polar surface area (TPSA) is 35.9 Å². The van der Waals surface area contributed by atoms with E-state index in [2.05, 4.69) is 77.8 Å². The first-order valence-electron chi connectivity index (χ1n) is 12.7. The molecule has 0 aromatic heterocycles. The van der Waals surface area contributed by atoms with Crippen LogP contribution in [0.2, 0.25) is 0 Å². The van der Waals surface area contributed by atoms with Crippen LogP contribution in [0.4, 0.5) is 0 Å². The van der Waals surface area contributed by atoms with Crippen LogP contribution in [0.15, 0.2) is 34.9 Å². The quantitative estimate of drug-likeness (QED) is 0.328. The molecule has 0 saturated carbocycles. The molecule has 1 heterocycles. The number of aliphatic imine (C=N–C) groups is 1. The van der Waals surface area contributed by atoms with E-state index in [4.69, 9.17) is 4.99 Å². The van der Waals surface area contributed by atoms with Gasteiger partial charge in [0.05, 0.1) is 5.70 Å². The van der Waals surface area contributed by atoms with Crippen molar-refractivity contribution in [2.45, 2.75) is 67.7 Å². The van der Waals surface area contributed by atoms with E-state index >= 15 is 0 Å². The van der Waals surface area contributed by atoms with Gasteiger partial charge in [-0.3, -0.25) is 9.79 Å². The van der Waals surface area contributed by atoms with E-state index in [1.807, 2.05) is 18.0 Å². The Morgan fingerprint density at radius 2 is 1.64 bits per heavy atom. The van der Waals surface area contributed by atoms with Crippen LogP contribution in [0.1, 0.15) is 81.9 Å². The first-order chi connectivity index (χ1) is 15.7. The molecule has 1 aromatic rings. The summed E-state index contributed by atoms with van der Waals surface area (Å²) >= 11 is 0. The smallest absolute Gasteiger partial charge is 0.254 e. The van der Waals surface area contributed by atoms with Gasteiger partial charge in [0.2, 0.25) is 0 Å². The highest BCUT2D eigenvalue weighted by molar-refractivity contribution is 5.97. The van der Waals surface area contributed by atoms with Crippen molar-refractivity contribution in [3.8, 4) is 0 Å². The average Bonchev–Trinajstić information content (AvgIpc) is 2.77. The van der Waals surface area contributed by atoms with Crippen LogP contribution >= 0.6 is 0 Å². The van der Waals surface area contributed by atoms with Gasteiger partial charge in [-0.05, 0) is 86.9 Å². The van der Waals surface area contributed by atoms with Crippen LogP contribution in [-0.2, 0) is 12.8 Å². The third-order valence-electron chi connectivity index (χ3n) is 6.24. The number of likely N-dealkylation sites (N-methyl/N-ethyl adjacent to an activating group) is 1. The standard InChI is InChI=1S/C29H45N3O/c1-9-23(16-21(4)5)18-28(30-11-3)26-19-24(10-2)27(20-25(26)17-22(6)7)29(33)32-14-12-31(8)13-15-32/h9,11,18-22H,10,12-17H2,1-8H3/b23-9+,28-18-,30-11?. The Labute approximate surface area is 202 Å². The second-order valence-electron chi connectivity index (χ2n) is 10.1. The molecule has 1 aliphatic heterocycles. The first-order valence-corrected chi connectivity index (χ1v) is 12.7. The van der Waals surface area contributed by atoms with Crippen molar-refractivity contribution in [1.29, 1.82) is 0 Å². The van der Waals surface area contributed by atoms with E-state index < -0.39 is 0 Å². The molecule has 0 radical (unpaired) electrons. The molecule has 4 heteroatoms. The molecule has 1 aliphatic rings. The number of nitrogens with zero attached hydrogens (tertiary/aromatic N) is 3. The van der Waals surface area contributed by atoms with Gasteiger partial charge >= 0.3 is 0 Å². The number of aryl methyl sites for hydroxylation is 1. The highest BCUT2D eigenvalue weighted by atomic mass is 16.2. The SMILES string of the molecule is CC=N/C(=C\C(=C\C)CC(C)C)c1cc(CC)c(C(=O)N2CCN(C)CC2)cc1CC(C)C. The molecular formula is C29H45N3O. The number of piperazine rings is 1. The minimum atomic E-state index is 0.176. The van der Waals surface area contributed by atoms with Gasteiger partial charge in [-0.2, -0.15) is 0 Å². The molecule has 0 bridgehead atoms. The summed E-state index contributed by atoms with van der Waals surface area (Å²) in [6.07, 6.45) is 9.09. The normalized spacial score (nSPS) is 16.5. The Hall–Kier alpha value is -2.20. The van der Waals surface area contributed by atoms with Gasteiger partial charge < -0.3 is 9.80 Å². The fourth-order valence-corrected chi connectivity index (χ4v) is 4.44. The zero-order valence-electron chi connectivity index (χ0n) is 22.2. The Morgan fingerprint density at radius 3 is 2.15 bits per heavy atom. The molecule has 0 atom stereocenters. The molecule has 1 fully saturated rings. The molecule has 1 amide bonds. The second-order valence-corrected chi connectivity index (χ2v) is 10.1. The van der Waals surface area contributed by atoms with E-state index in [0.29, 0.717) is 11.8 Å². The van der Waals surface area contributed by atoms with Gasteiger partial charge in [-0.25, -0.2) is 0 Å². The van der Waals surface area contributed by atoms with Crippen LogP contribution in [-0.4, -0.2) is 55.1 Å². The largest absolute Gasteiger partial charge is 0.336 e. The summed E-state index contributed by atoms with van der Waals surface area (Å²) in [7, 11) is 2.12. The van der Waals surface area contributed by atoms with Crippen molar-refractivity contribution < 1.29 is 4.79 Å². The van der Waals surface area contributed by atoms with Gasteiger partial charge in [0.15, 0.2) is 0 Å². The zero-order valence-corrected chi connectivity index (χ0v) is 22.2. The second kappa shape index (κ2) is 12.9. The summed E-state index contributed by atoms with van der Waals surface area (Å²) in [5.74, 6) is 1.26. The highest BCUT2D eigenvalue weighted by Crippen LogP contribution is 2.30. The summed E-state index contributed by atoms with van der Waals surface area (Å²) in [4.78, 5) is 22.6. The number of carbonyl (C=O) groups is 1. The summed E-state index contributed by atoms with van der Waals surface area (Å²) in [5.41, 5.74) is 6.67. The number of hydrogen-bond donors (Lipinski definition) is 0. The molecule has 0 spiro atoms.